The van der Waals surface area contributed by atoms with Crippen LogP contribution in [0.2, 0.25) is 0 Å². The molecule has 2 fully saturated rings. The Morgan fingerprint density at radius 1 is 1.29 bits per heavy atom. The Bertz CT molecular complexity index is 734. The van der Waals surface area contributed by atoms with Crippen molar-refractivity contribution in [2.45, 2.75) is 30.7 Å². The number of aromatic nitrogens is 1. The number of piperidine rings is 1. The maximum Gasteiger partial charge on any atom is 0.289 e. The van der Waals surface area contributed by atoms with Crippen molar-refractivity contribution in [1.29, 1.82) is 0 Å². The number of amides is 2. The highest BCUT2D eigenvalue weighted by Gasteiger charge is 2.46. The van der Waals surface area contributed by atoms with Gasteiger partial charge in [-0.25, -0.2) is 0 Å². The topological polar surface area (TPSA) is 75.4 Å². The molecule has 4 rings (SSSR count). The van der Waals surface area contributed by atoms with E-state index in [0.717, 1.165) is 24.8 Å². The second-order valence-corrected chi connectivity index (χ2v) is 6.58. The van der Waals surface area contributed by atoms with Gasteiger partial charge in [0, 0.05) is 31.0 Å². The first-order valence-electron chi connectivity index (χ1n) is 8.22. The average molecular weight is 325 g/mol. The van der Waals surface area contributed by atoms with E-state index in [0.29, 0.717) is 18.8 Å². The van der Waals surface area contributed by atoms with Crippen molar-refractivity contribution in [1.82, 2.24) is 15.2 Å². The molecule has 0 aromatic carbocycles. The summed E-state index contributed by atoms with van der Waals surface area (Å²) in [5, 5.41) is 3.18. The molecule has 1 N–H and O–H groups in total. The summed E-state index contributed by atoms with van der Waals surface area (Å²) in [6, 6.07) is 7.21. The zero-order valence-corrected chi connectivity index (χ0v) is 13.3. The van der Waals surface area contributed by atoms with Crippen LogP contribution < -0.4 is 5.32 Å². The third-order valence-corrected chi connectivity index (χ3v) is 5.13. The molecular formula is C18H19N3O3. The quantitative estimate of drug-likeness (QED) is 0.916. The number of pyridine rings is 1. The molecule has 0 radical (unpaired) electrons. The van der Waals surface area contributed by atoms with Crippen LogP contribution in [0.25, 0.3) is 0 Å². The predicted octanol–water partition coefficient (Wildman–Crippen LogP) is 1.95. The highest BCUT2D eigenvalue weighted by molar-refractivity contribution is 5.91. The molecule has 6 nitrogen and oxygen atoms in total. The highest BCUT2D eigenvalue weighted by atomic mass is 16.3. The van der Waals surface area contributed by atoms with Gasteiger partial charge in [0.1, 0.15) is 0 Å². The van der Waals surface area contributed by atoms with E-state index in [1.807, 2.05) is 12.1 Å². The van der Waals surface area contributed by atoms with Crippen LogP contribution in [-0.2, 0) is 4.79 Å². The smallest absolute Gasteiger partial charge is 0.289 e. The normalized spacial score (nSPS) is 22.6. The van der Waals surface area contributed by atoms with Gasteiger partial charge in [0.05, 0.1) is 12.2 Å². The zero-order chi connectivity index (χ0) is 16.6. The lowest BCUT2D eigenvalue weighted by molar-refractivity contribution is -0.121. The standard InChI is InChI=1S/C18H19N3O3/c22-16-14(13-3-1-7-19-12-13)11-18(20-16)5-8-21(9-6-18)17(23)15-4-2-10-24-15/h1-4,7,10,12,14H,5-6,8-9,11H2,(H,20,22). The Labute approximate surface area is 139 Å². The van der Waals surface area contributed by atoms with Gasteiger partial charge in [0.2, 0.25) is 5.91 Å². The molecule has 1 spiro atoms. The molecule has 0 aliphatic carbocycles. The van der Waals surface area contributed by atoms with Crippen LogP contribution in [0.4, 0.5) is 0 Å². The number of rotatable bonds is 2. The number of carbonyl (C=O) groups is 2. The van der Waals surface area contributed by atoms with Crippen molar-refractivity contribution < 1.29 is 14.0 Å². The van der Waals surface area contributed by atoms with E-state index in [-0.39, 0.29) is 23.3 Å². The molecular weight excluding hydrogens is 306 g/mol. The molecule has 2 aromatic rings. The number of hydrogen-bond acceptors (Lipinski definition) is 4. The second-order valence-electron chi connectivity index (χ2n) is 6.58. The highest BCUT2D eigenvalue weighted by Crippen LogP contribution is 2.39. The Kier molecular flexibility index (Phi) is 3.59. The number of likely N-dealkylation sites (tertiary alicyclic amines) is 1. The minimum Gasteiger partial charge on any atom is -0.459 e. The van der Waals surface area contributed by atoms with Gasteiger partial charge in [-0.3, -0.25) is 14.6 Å². The molecule has 2 saturated heterocycles. The average Bonchev–Trinajstić information content (AvgIpc) is 3.25. The first kappa shape index (κ1) is 14.9. The van der Waals surface area contributed by atoms with Crippen molar-refractivity contribution in [3.05, 3.63) is 54.2 Å². The summed E-state index contributed by atoms with van der Waals surface area (Å²) in [6.07, 6.45) is 7.28. The van der Waals surface area contributed by atoms with Crippen molar-refractivity contribution in [2.24, 2.45) is 0 Å². The number of nitrogens with zero attached hydrogens (tertiary/aromatic N) is 2. The van der Waals surface area contributed by atoms with E-state index >= 15 is 0 Å². The lowest BCUT2D eigenvalue weighted by Crippen LogP contribution is -2.52. The third kappa shape index (κ3) is 2.58. The molecule has 24 heavy (non-hydrogen) atoms. The maximum absolute atomic E-state index is 12.4. The van der Waals surface area contributed by atoms with Crippen LogP contribution in [0.15, 0.2) is 47.3 Å². The van der Waals surface area contributed by atoms with E-state index in [2.05, 4.69) is 10.3 Å². The summed E-state index contributed by atoms with van der Waals surface area (Å²) >= 11 is 0. The van der Waals surface area contributed by atoms with Gasteiger partial charge in [-0.15, -0.1) is 0 Å². The summed E-state index contributed by atoms with van der Waals surface area (Å²) in [4.78, 5) is 30.7. The van der Waals surface area contributed by atoms with Crippen LogP contribution in [0.1, 0.15) is 41.3 Å². The fraction of sp³-hybridized carbons (Fsp3) is 0.389. The van der Waals surface area contributed by atoms with Crippen molar-refractivity contribution in [3.63, 3.8) is 0 Å². The van der Waals surface area contributed by atoms with Crippen LogP contribution in [0, 0.1) is 0 Å². The Morgan fingerprint density at radius 3 is 2.79 bits per heavy atom. The molecule has 0 saturated carbocycles. The fourth-order valence-corrected chi connectivity index (χ4v) is 3.76. The molecule has 6 heteroatoms. The molecule has 4 heterocycles. The molecule has 2 amide bonds. The first-order chi connectivity index (χ1) is 11.7. The van der Waals surface area contributed by atoms with Crippen LogP contribution in [-0.4, -0.2) is 40.3 Å². The van der Waals surface area contributed by atoms with Crippen LogP contribution in [0.5, 0.6) is 0 Å². The van der Waals surface area contributed by atoms with E-state index in [4.69, 9.17) is 4.42 Å². The number of hydrogen-bond donors (Lipinski definition) is 1. The first-order valence-corrected chi connectivity index (χ1v) is 8.22. The lowest BCUT2D eigenvalue weighted by atomic mass is 9.82. The largest absolute Gasteiger partial charge is 0.459 e. The zero-order valence-electron chi connectivity index (χ0n) is 13.3. The number of furan rings is 1. The van der Waals surface area contributed by atoms with E-state index in [9.17, 15) is 9.59 Å². The van der Waals surface area contributed by atoms with Gasteiger partial charge in [0.25, 0.3) is 5.91 Å². The molecule has 2 aliphatic heterocycles. The summed E-state index contributed by atoms with van der Waals surface area (Å²) in [5.74, 6) is 0.206. The summed E-state index contributed by atoms with van der Waals surface area (Å²) in [5.41, 5.74) is 0.748. The Balaban J connectivity index is 1.44. The van der Waals surface area contributed by atoms with Gasteiger partial charge in [-0.2, -0.15) is 0 Å². The Hall–Kier alpha value is -2.63. The molecule has 0 bridgehead atoms. The molecule has 124 valence electrons. The minimum atomic E-state index is -0.211. The van der Waals surface area contributed by atoms with Crippen molar-refractivity contribution in [3.8, 4) is 0 Å². The van der Waals surface area contributed by atoms with E-state index in [1.54, 1.807) is 29.4 Å². The fourth-order valence-electron chi connectivity index (χ4n) is 3.76. The third-order valence-electron chi connectivity index (χ3n) is 5.13. The van der Waals surface area contributed by atoms with Gasteiger partial charge in [0.15, 0.2) is 5.76 Å². The lowest BCUT2D eigenvalue weighted by Gasteiger charge is -2.39. The molecule has 1 unspecified atom stereocenters. The summed E-state index contributed by atoms with van der Waals surface area (Å²) in [6.45, 7) is 1.25. The SMILES string of the molecule is O=C1NC2(CCN(C(=O)c3ccco3)CC2)CC1c1cccnc1. The minimum absolute atomic E-state index is 0.0637. The molecule has 2 aliphatic rings. The van der Waals surface area contributed by atoms with Crippen molar-refractivity contribution in [2.75, 3.05) is 13.1 Å². The number of nitrogens with one attached hydrogen (secondary N) is 1. The van der Waals surface area contributed by atoms with Gasteiger partial charge in [-0.1, -0.05) is 6.07 Å². The van der Waals surface area contributed by atoms with E-state index < -0.39 is 0 Å². The van der Waals surface area contributed by atoms with Gasteiger partial charge < -0.3 is 14.6 Å². The summed E-state index contributed by atoms with van der Waals surface area (Å²) < 4.78 is 5.19. The Morgan fingerprint density at radius 2 is 2.12 bits per heavy atom. The summed E-state index contributed by atoms with van der Waals surface area (Å²) in [7, 11) is 0. The van der Waals surface area contributed by atoms with Gasteiger partial charge >= 0.3 is 0 Å². The maximum atomic E-state index is 12.4. The second kappa shape index (κ2) is 5.78. The van der Waals surface area contributed by atoms with E-state index in [1.165, 1.54) is 6.26 Å². The van der Waals surface area contributed by atoms with Gasteiger partial charge in [-0.05, 0) is 43.0 Å². The number of carbonyl (C=O) groups excluding carboxylic acids is 2. The molecule has 2 aromatic heterocycles. The molecule has 1 atom stereocenters. The van der Waals surface area contributed by atoms with Crippen molar-refractivity contribution >= 4 is 11.8 Å². The van der Waals surface area contributed by atoms with Crippen LogP contribution >= 0.6 is 0 Å². The monoisotopic (exact) mass is 325 g/mol. The predicted molar refractivity (Wildman–Crippen MR) is 86.3 cm³/mol. The van der Waals surface area contributed by atoms with Crippen LogP contribution in [0.3, 0.4) is 0 Å².